The fraction of sp³-hybridized carbons (Fsp3) is 0.100. The molecule has 3 N–H and O–H groups in total. The number of hydrogen-bond donors (Lipinski definition) is 3. The Labute approximate surface area is 218 Å². The number of amides is 2. The molecule has 3 aromatic carbocycles. The van der Waals surface area contributed by atoms with Gasteiger partial charge < -0.3 is 20.2 Å². The lowest BCUT2D eigenvalue weighted by Crippen LogP contribution is -2.12. The Kier molecular flexibility index (Phi) is 5.97. The smallest absolute Gasteiger partial charge is 0.272 e. The summed E-state index contributed by atoms with van der Waals surface area (Å²) in [6.07, 6.45) is 6.61. The quantitative estimate of drug-likeness (QED) is 0.242. The number of rotatable bonds is 7. The monoisotopic (exact) mass is 502 g/mol. The van der Waals surface area contributed by atoms with Gasteiger partial charge in [-0.2, -0.15) is 5.10 Å². The Morgan fingerprint density at radius 1 is 0.842 bits per heavy atom. The van der Waals surface area contributed by atoms with Crippen LogP contribution in [-0.4, -0.2) is 31.1 Å². The van der Waals surface area contributed by atoms with Gasteiger partial charge in [0.05, 0.1) is 17.4 Å². The van der Waals surface area contributed by atoms with E-state index in [1.807, 2.05) is 71.4 Å². The SMILES string of the molecule is CCCn1ccc2cc(C(=O)Nc3ccc4c(cnn4-c4ccc(NC(=O)c5ccc[nH]5)cc4)c3)ccc21. The maximum atomic E-state index is 13.0. The molecular weight excluding hydrogens is 476 g/mol. The van der Waals surface area contributed by atoms with Gasteiger partial charge in [-0.25, -0.2) is 4.68 Å². The van der Waals surface area contributed by atoms with Gasteiger partial charge in [0.25, 0.3) is 11.8 Å². The molecule has 6 aromatic rings. The average molecular weight is 503 g/mol. The van der Waals surface area contributed by atoms with Crippen LogP contribution in [-0.2, 0) is 6.54 Å². The number of fused-ring (bicyclic) bond motifs is 2. The third-order valence-electron chi connectivity index (χ3n) is 6.54. The topological polar surface area (TPSA) is 96.7 Å². The molecule has 188 valence electrons. The maximum Gasteiger partial charge on any atom is 0.272 e. The van der Waals surface area contributed by atoms with Crippen molar-refractivity contribution in [1.29, 1.82) is 0 Å². The van der Waals surface area contributed by atoms with Crippen LogP contribution >= 0.6 is 0 Å². The second-order valence-electron chi connectivity index (χ2n) is 9.15. The first-order valence-electron chi connectivity index (χ1n) is 12.5. The lowest BCUT2D eigenvalue weighted by molar-refractivity contribution is 0.101. The van der Waals surface area contributed by atoms with Crippen molar-refractivity contribution < 1.29 is 9.59 Å². The molecule has 0 aliphatic carbocycles. The molecule has 0 aliphatic rings. The first-order chi connectivity index (χ1) is 18.6. The number of aromatic nitrogens is 4. The lowest BCUT2D eigenvalue weighted by atomic mass is 10.1. The Hall–Kier alpha value is -5.11. The number of aryl methyl sites for hydroxylation is 1. The van der Waals surface area contributed by atoms with Crippen LogP contribution in [0.4, 0.5) is 11.4 Å². The van der Waals surface area contributed by atoms with Crippen molar-refractivity contribution in [3.63, 3.8) is 0 Å². The lowest BCUT2D eigenvalue weighted by Gasteiger charge is -2.09. The molecule has 8 nitrogen and oxygen atoms in total. The molecule has 3 heterocycles. The second-order valence-corrected chi connectivity index (χ2v) is 9.15. The van der Waals surface area contributed by atoms with Crippen LogP contribution in [0.2, 0.25) is 0 Å². The van der Waals surface area contributed by atoms with Gasteiger partial charge in [-0.1, -0.05) is 6.92 Å². The summed E-state index contributed by atoms with van der Waals surface area (Å²) in [4.78, 5) is 28.1. The predicted molar refractivity (Wildman–Crippen MR) is 150 cm³/mol. The molecule has 0 aliphatic heterocycles. The van der Waals surface area contributed by atoms with Crippen molar-refractivity contribution >= 4 is 45.0 Å². The van der Waals surface area contributed by atoms with Gasteiger partial charge in [0.15, 0.2) is 0 Å². The number of aromatic amines is 1. The normalized spacial score (nSPS) is 11.2. The molecule has 38 heavy (non-hydrogen) atoms. The maximum absolute atomic E-state index is 13.0. The molecule has 0 bridgehead atoms. The van der Waals surface area contributed by atoms with Gasteiger partial charge in [-0.3, -0.25) is 9.59 Å². The van der Waals surface area contributed by atoms with E-state index >= 15 is 0 Å². The molecule has 0 atom stereocenters. The highest BCUT2D eigenvalue weighted by molar-refractivity contribution is 6.07. The number of carbonyl (C=O) groups excluding carboxylic acids is 2. The third kappa shape index (κ3) is 4.43. The van der Waals surface area contributed by atoms with Crippen LogP contribution in [0.1, 0.15) is 34.2 Å². The first-order valence-corrected chi connectivity index (χ1v) is 12.5. The Morgan fingerprint density at radius 3 is 2.42 bits per heavy atom. The number of nitrogens with one attached hydrogen (secondary N) is 3. The summed E-state index contributed by atoms with van der Waals surface area (Å²) in [7, 11) is 0. The molecular formula is C30H26N6O2. The highest BCUT2D eigenvalue weighted by Crippen LogP contribution is 2.24. The van der Waals surface area contributed by atoms with Crippen molar-refractivity contribution in [1.82, 2.24) is 19.3 Å². The molecule has 0 unspecified atom stereocenters. The van der Waals surface area contributed by atoms with Crippen LogP contribution in [0.3, 0.4) is 0 Å². The number of H-pyrrole nitrogens is 1. The van der Waals surface area contributed by atoms with Crippen LogP contribution in [0.25, 0.3) is 27.5 Å². The summed E-state index contributed by atoms with van der Waals surface area (Å²) in [6.45, 7) is 3.11. The van der Waals surface area contributed by atoms with E-state index in [-0.39, 0.29) is 11.8 Å². The van der Waals surface area contributed by atoms with Gasteiger partial charge in [-0.05, 0) is 85.3 Å². The molecule has 6 rings (SSSR count). The Balaban J connectivity index is 1.17. The number of benzene rings is 3. The van der Waals surface area contributed by atoms with Crippen LogP contribution < -0.4 is 10.6 Å². The van der Waals surface area contributed by atoms with E-state index in [1.165, 1.54) is 0 Å². The standard InChI is InChI=1S/C30H26N6O2/c1-2-15-35-16-13-20-17-21(5-11-27(20)35)29(37)34-24-8-12-28-22(18-24)19-32-36(28)25-9-6-23(7-10-25)33-30(38)26-4-3-14-31-26/h3-14,16-19,31H,2,15H2,1H3,(H,33,38)(H,34,37). The van der Waals surface area contributed by atoms with Gasteiger partial charge in [0.1, 0.15) is 5.69 Å². The fourth-order valence-corrected chi connectivity index (χ4v) is 4.65. The highest BCUT2D eigenvalue weighted by atomic mass is 16.2. The van der Waals surface area contributed by atoms with E-state index in [4.69, 9.17) is 0 Å². The van der Waals surface area contributed by atoms with Crippen molar-refractivity contribution in [2.45, 2.75) is 19.9 Å². The number of anilines is 2. The van der Waals surface area contributed by atoms with Crippen molar-refractivity contribution in [2.75, 3.05) is 10.6 Å². The van der Waals surface area contributed by atoms with E-state index in [2.05, 4.69) is 38.4 Å². The number of carbonyl (C=O) groups is 2. The van der Waals surface area contributed by atoms with Crippen molar-refractivity contribution in [3.8, 4) is 5.69 Å². The van der Waals surface area contributed by atoms with Gasteiger partial charge in [-0.15, -0.1) is 0 Å². The summed E-state index contributed by atoms with van der Waals surface area (Å²) in [6, 6.07) is 24.6. The highest BCUT2D eigenvalue weighted by Gasteiger charge is 2.12. The van der Waals surface area contributed by atoms with Gasteiger partial charge in [0.2, 0.25) is 0 Å². The predicted octanol–water partition coefficient (Wildman–Crippen LogP) is 6.22. The number of nitrogens with zero attached hydrogens (tertiary/aromatic N) is 3. The van der Waals surface area contributed by atoms with Crippen LogP contribution in [0.15, 0.2) is 97.5 Å². The van der Waals surface area contributed by atoms with E-state index in [9.17, 15) is 9.59 Å². The largest absolute Gasteiger partial charge is 0.357 e. The Bertz CT molecular complexity index is 1760. The zero-order valence-corrected chi connectivity index (χ0v) is 20.8. The molecule has 0 spiro atoms. The molecule has 8 heteroatoms. The minimum absolute atomic E-state index is 0.154. The van der Waals surface area contributed by atoms with E-state index in [0.717, 1.165) is 40.5 Å². The minimum Gasteiger partial charge on any atom is -0.357 e. The van der Waals surface area contributed by atoms with Gasteiger partial charge >= 0.3 is 0 Å². The zero-order chi connectivity index (χ0) is 26.1. The molecule has 2 amide bonds. The van der Waals surface area contributed by atoms with Gasteiger partial charge in [0, 0.05) is 52.2 Å². The van der Waals surface area contributed by atoms with Crippen LogP contribution in [0.5, 0.6) is 0 Å². The van der Waals surface area contributed by atoms with E-state index in [1.54, 1.807) is 24.5 Å². The molecule has 3 aromatic heterocycles. The number of hydrogen-bond acceptors (Lipinski definition) is 3. The summed E-state index contributed by atoms with van der Waals surface area (Å²) < 4.78 is 4.03. The first kappa shape index (κ1) is 23.3. The average Bonchev–Trinajstić information content (AvgIpc) is 3.69. The Morgan fingerprint density at radius 2 is 1.63 bits per heavy atom. The van der Waals surface area contributed by atoms with Crippen molar-refractivity contribution in [2.24, 2.45) is 0 Å². The summed E-state index contributed by atoms with van der Waals surface area (Å²) in [5, 5.41) is 12.4. The minimum atomic E-state index is -0.198. The molecule has 0 saturated carbocycles. The van der Waals surface area contributed by atoms with E-state index < -0.39 is 0 Å². The molecule has 0 saturated heterocycles. The summed E-state index contributed by atoms with van der Waals surface area (Å²) >= 11 is 0. The zero-order valence-electron chi connectivity index (χ0n) is 20.8. The fourth-order valence-electron chi connectivity index (χ4n) is 4.65. The molecule has 0 radical (unpaired) electrons. The third-order valence-corrected chi connectivity index (χ3v) is 6.54. The molecule has 0 fully saturated rings. The van der Waals surface area contributed by atoms with Crippen LogP contribution in [0, 0.1) is 0 Å². The van der Waals surface area contributed by atoms with E-state index in [0.29, 0.717) is 22.6 Å². The summed E-state index contributed by atoms with van der Waals surface area (Å²) in [5.74, 6) is -0.351. The van der Waals surface area contributed by atoms with Crippen molar-refractivity contribution in [3.05, 3.63) is 109 Å². The second kappa shape index (κ2) is 9.74. The summed E-state index contributed by atoms with van der Waals surface area (Å²) in [5.41, 5.74) is 5.41.